The van der Waals surface area contributed by atoms with Crippen LogP contribution in [-0.4, -0.2) is 38.5 Å². The molecule has 0 fully saturated rings. The first kappa shape index (κ1) is 31.1. The van der Waals surface area contributed by atoms with Gasteiger partial charge in [0.25, 0.3) is 5.91 Å². The van der Waals surface area contributed by atoms with Crippen LogP contribution >= 0.6 is 11.8 Å². The Balaban J connectivity index is 1.26. The number of carboxylic acids is 2. The number of nitrogens with zero attached hydrogens (tertiary/aromatic N) is 1. The van der Waals surface area contributed by atoms with Crippen LogP contribution in [0.1, 0.15) is 48.8 Å². The lowest BCUT2D eigenvalue weighted by Gasteiger charge is -2.18. The number of hydrogen-bond acceptors (Lipinski definition) is 5. The Labute approximate surface area is 273 Å². The molecular formula is C37H29N3O6S. The van der Waals surface area contributed by atoms with Gasteiger partial charge in [0.1, 0.15) is 5.25 Å². The highest BCUT2D eigenvalue weighted by atomic mass is 32.2. The summed E-state index contributed by atoms with van der Waals surface area (Å²) in [6, 6.07) is 33.7. The van der Waals surface area contributed by atoms with Gasteiger partial charge in [-0.15, -0.1) is 11.8 Å². The third-order valence-electron chi connectivity index (χ3n) is 7.78. The summed E-state index contributed by atoms with van der Waals surface area (Å²) in [5, 5.41) is 26.1. The first-order valence-corrected chi connectivity index (χ1v) is 15.7. The first-order valence-electron chi connectivity index (χ1n) is 14.8. The number of aromatic nitrogens is 1. The molecule has 6 aromatic rings. The SMILES string of the molecule is CCn1c2ccccc2c2cc(NC(=O)C(Sc3cccc(NC(=O)c4ccc(C(=O)O)cc4C(=O)O)c3)c3ccccc3)ccc21. The van der Waals surface area contributed by atoms with Crippen LogP contribution in [0.15, 0.2) is 120 Å². The summed E-state index contributed by atoms with van der Waals surface area (Å²) >= 11 is 1.31. The van der Waals surface area contributed by atoms with Gasteiger partial charge in [0, 0.05) is 44.6 Å². The number of rotatable bonds is 10. The predicted octanol–water partition coefficient (Wildman–Crippen LogP) is 7.94. The fourth-order valence-corrected chi connectivity index (χ4v) is 6.70. The maximum Gasteiger partial charge on any atom is 0.336 e. The number of aromatic carboxylic acids is 2. The van der Waals surface area contributed by atoms with Gasteiger partial charge in [0.2, 0.25) is 5.91 Å². The number of carbonyl (C=O) groups excluding carboxylic acids is 2. The van der Waals surface area contributed by atoms with E-state index in [1.807, 2.05) is 66.7 Å². The molecule has 234 valence electrons. The van der Waals surface area contributed by atoms with E-state index in [9.17, 15) is 29.4 Å². The van der Waals surface area contributed by atoms with Crippen LogP contribution in [0.3, 0.4) is 0 Å². The van der Waals surface area contributed by atoms with Gasteiger partial charge in [0.15, 0.2) is 0 Å². The highest BCUT2D eigenvalue weighted by Gasteiger charge is 2.24. The molecule has 0 aliphatic heterocycles. The number of anilines is 2. The van der Waals surface area contributed by atoms with Crippen molar-refractivity contribution in [3.8, 4) is 0 Å². The lowest BCUT2D eigenvalue weighted by Crippen LogP contribution is -2.19. The van der Waals surface area contributed by atoms with E-state index >= 15 is 0 Å². The lowest BCUT2D eigenvalue weighted by molar-refractivity contribution is -0.115. The van der Waals surface area contributed by atoms with Crippen molar-refractivity contribution in [1.29, 1.82) is 0 Å². The van der Waals surface area contributed by atoms with E-state index in [2.05, 4.69) is 34.3 Å². The minimum atomic E-state index is -1.42. The Kier molecular flexibility index (Phi) is 8.77. The summed E-state index contributed by atoms with van der Waals surface area (Å²) in [6.45, 7) is 2.93. The number of nitrogens with one attached hydrogen (secondary N) is 2. The highest BCUT2D eigenvalue weighted by Crippen LogP contribution is 2.38. The Morgan fingerprint density at radius 3 is 2.15 bits per heavy atom. The molecule has 4 N–H and O–H groups in total. The number of fused-ring (bicyclic) bond motifs is 3. The zero-order chi connectivity index (χ0) is 33.1. The van der Waals surface area contributed by atoms with E-state index in [1.54, 1.807) is 18.2 Å². The minimum absolute atomic E-state index is 0.180. The molecule has 6 rings (SSSR count). The van der Waals surface area contributed by atoms with Gasteiger partial charge in [-0.3, -0.25) is 9.59 Å². The van der Waals surface area contributed by atoms with Crippen molar-refractivity contribution >= 4 is 68.7 Å². The van der Waals surface area contributed by atoms with Gasteiger partial charge < -0.3 is 25.4 Å². The van der Waals surface area contributed by atoms with Crippen molar-refractivity contribution in [2.45, 2.75) is 23.6 Å². The standard InChI is InChI=1S/C37H29N3O6S/c1-2-40-31-14-7-6-13-27(31)29-21-25(16-18-32(29)40)39-35(42)33(22-9-4-3-5-10-22)47-26-12-8-11-24(20-26)38-34(41)28-17-15-23(36(43)44)19-30(28)37(45)46/h3-21,33H,2H2,1H3,(H,38,41)(H,39,42)(H,43,44)(H,45,46). The number of carbonyl (C=O) groups is 4. The molecular weight excluding hydrogens is 614 g/mol. The second-order valence-corrected chi connectivity index (χ2v) is 11.9. The molecule has 0 radical (unpaired) electrons. The lowest BCUT2D eigenvalue weighted by atomic mass is 10.0. The van der Waals surface area contributed by atoms with Crippen molar-refractivity contribution in [2.24, 2.45) is 0 Å². The van der Waals surface area contributed by atoms with Crippen molar-refractivity contribution < 1.29 is 29.4 Å². The molecule has 1 atom stereocenters. The number of thioether (sulfide) groups is 1. The largest absolute Gasteiger partial charge is 0.478 e. The zero-order valence-corrected chi connectivity index (χ0v) is 26.0. The summed E-state index contributed by atoms with van der Waals surface area (Å²) in [7, 11) is 0. The van der Waals surface area contributed by atoms with Crippen molar-refractivity contribution in [1.82, 2.24) is 4.57 Å². The van der Waals surface area contributed by atoms with Gasteiger partial charge in [-0.05, 0) is 73.2 Å². The second kappa shape index (κ2) is 13.2. The van der Waals surface area contributed by atoms with Gasteiger partial charge in [0.05, 0.1) is 16.7 Å². The van der Waals surface area contributed by atoms with E-state index in [1.165, 1.54) is 23.9 Å². The van der Waals surface area contributed by atoms with Crippen LogP contribution in [0.25, 0.3) is 21.8 Å². The number of carboxylic acid groups (broad SMARTS) is 2. The molecule has 10 heteroatoms. The van der Waals surface area contributed by atoms with Crippen LogP contribution in [0.2, 0.25) is 0 Å². The highest BCUT2D eigenvalue weighted by molar-refractivity contribution is 8.00. The Bertz CT molecular complexity index is 2180. The molecule has 0 saturated carbocycles. The van der Waals surface area contributed by atoms with Crippen molar-refractivity contribution in [3.63, 3.8) is 0 Å². The quantitative estimate of drug-likeness (QED) is 0.111. The van der Waals surface area contributed by atoms with Crippen LogP contribution in [0, 0.1) is 0 Å². The zero-order valence-electron chi connectivity index (χ0n) is 25.1. The topological polar surface area (TPSA) is 138 Å². The Morgan fingerprint density at radius 1 is 0.681 bits per heavy atom. The number of aryl methyl sites for hydroxylation is 1. The third kappa shape index (κ3) is 6.45. The summed E-state index contributed by atoms with van der Waals surface area (Å²) < 4.78 is 2.25. The molecule has 9 nitrogen and oxygen atoms in total. The second-order valence-electron chi connectivity index (χ2n) is 10.7. The summed E-state index contributed by atoms with van der Waals surface area (Å²) in [4.78, 5) is 50.8. The van der Waals surface area contributed by atoms with E-state index in [-0.39, 0.29) is 17.0 Å². The van der Waals surface area contributed by atoms with Gasteiger partial charge in [-0.25, -0.2) is 9.59 Å². The first-order chi connectivity index (χ1) is 22.7. The smallest absolute Gasteiger partial charge is 0.336 e. The molecule has 1 aromatic heterocycles. The van der Waals surface area contributed by atoms with Crippen molar-refractivity contribution in [2.75, 3.05) is 10.6 Å². The van der Waals surface area contributed by atoms with Gasteiger partial charge in [-0.1, -0.05) is 54.6 Å². The number of hydrogen-bond donors (Lipinski definition) is 4. The summed E-state index contributed by atoms with van der Waals surface area (Å²) in [5.41, 5.74) is 3.22. The maximum absolute atomic E-state index is 13.9. The molecule has 0 saturated heterocycles. The normalized spacial score (nSPS) is 11.7. The molecule has 5 aromatic carbocycles. The van der Waals surface area contributed by atoms with Gasteiger partial charge in [-0.2, -0.15) is 0 Å². The van der Waals surface area contributed by atoms with E-state index < -0.39 is 28.7 Å². The fourth-order valence-electron chi connectivity index (χ4n) is 5.61. The predicted molar refractivity (Wildman–Crippen MR) is 184 cm³/mol. The molecule has 0 spiro atoms. The van der Waals surface area contributed by atoms with Crippen LogP contribution in [0.5, 0.6) is 0 Å². The molecule has 2 amide bonds. The van der Waals surface area contributed by atoms with E-state index in [4.69, 9.17) is 0 Å². The number of amides is 2. The Morgan fingerprint density at radius 2 is 1.40 bits per heavy atom. The third-order valence-corrected chi connectivity index (χ3v) is 9.03. The number of benzene rings is 5. The van der Waals surface area contributed by atoms with Crippen LogP contribution in [-0.2, 0) is 11.3 Å². The van der Waals surface area contributed by atoms with E-state index in [0.717, 1.165) is 40.0 Å². The van der Waals surface area contributed by atoms with Crippen LogP contribution < -0.4 is 10.6 Å². The molecule has 0 aliphatic carbocycles. The monoisotopic (exact) mass is 643 g/mol. The van der Waals surface area contributed by atoms with Crippen LogP contribution in [0.4, 0.5) is 11.4 Å². The Hall–Kier alpha value is -5.87. The molecule has 0 bridgehead atoms. The molecule has 47 heavy (non-hydrogen) atoms. The van der Waals surface area contributed by atoms with Crippen molar-refractivity contribution in [3.05, 3.63) is 138 Å². The van der Waals surface area contributed by atoms with E-state index in [0.29, 0.717) is 16.3 Å². The fraction of sp³-hybridized carbons (Fsp3) is 0.0811. The molecule has 1 heterocycles. The summed E-state index contributed by atoms with van der Waals surface area (Å²) in [5.74, 6) is -3.65. The average molecular weight is 644 g/mol. The number of para-hydroxylation sites is 1. The maximum atomic E-state index is 13.9. The summed E-state index contributed by atoms with van der Waals surface area (Å²) in [6.07, 6.45) is 0. The molecule has 0 aliphatic rings. The minimum Gasteiger partial charge on any atom is -0.478 e. The molecule has 1 unspecified atom stereocenters. The average Bonchev–Trinajstić information content (AvgIpc) is 3.40. The van der Waals surface area contributed by atoms with Gasteiger partial charge >= 0.3 is 11.9 Å².